The van der Waals surface area contributed by atoms with E-state index >= 15 is 0 Å². The molecule has 6 heteroatoms. The Labute approximate surface area is 193 Å². The number of hydrogen-bond acceptors (Lipinski definition) is 3. The first kappa shape index (κ1) is 24.6. The lowest BCUT2D eigenvalue weighted by atomic mass is 9.66. The molecule has 33 heavy (non-hydrogen) atoms. The number of ketones is 1. The highest BCUT2D eigenvalue weighted by Crippen LogP contribution is 2.53. The molecular weight excluding hydrogens is 424 g/mol. The predicted octanol–water partition coefficient (Wildman–Crippen LogP) is 5.67. The third-order valence-corrected chi connectivity index (χ3v) is 6.47. The lowest BCUT2D eigenvalue weighted by Crippen LogP contribution is -2.43. The summed E-state index contributed by atoms with van der Waals surface area (Å²) in [5.41, 5.74) is -0.959. The average Bonchev–Trinajstić information content (AvgIpc) is 2.88. The molecule has 1 aliphatic heterocycles. The number of phenols is 1. The van der Waals surface area contributed by atoms with Crippen molar-refractivity contribution in [2.45, 2.75) is 64.7 Å². The van der Waals surface area contributed by atoms with Crippen LogP contribution < -0.4 is 4.90 Å². The van der Waals surface area contributed by atoms with Gasteiger partial charge in [0.1, 0.15) is 11.2 Å². The van der Waals surface area contributed by atoms with E-state index in [2.05, 4.69) is 6.58 Å². The van der Waals surface area contributed by atoms with Crippen molar-refractivity contribution >= 4 is 17.4 Å². The van der Waals surface area contributed by atoms with Crippen LogP contribution in [0.1, 0.15) is 70.7 Å². The SMILES string of the molecule is C=C(C(C)=O)[C@]1(c2cc(C(C)(C)C)c(O)c(C(C)(C)C)c2)C(=O)N(C)c2cc(F)c(F)cc21. The first-order chi connectivity index (χ1) is 15.0. The third kappa shape index (κ3) is 3.56. The van der Waals surface area contributed by atoms with Crippen LogP contribution in [-0.4, -0.2) is 23.8 Å². The number of aromatic hydroxyl groups is 1. The minimum Gasteiger partial charge on any atom is -0.507 e. The largest absolute Gasteiger partial charge is 0.507 e. The van der Waals surface area contributed by atoms with Crippen molar-refractivity contribution in [3.05, 3.63) is 70.3 Å². The zero-order chi connectivity index (χ0) is 25.3. The molecule has 0 unspecified atom stereocenters. The van der Waals surface area contributed by atoms with Crippen LogP contribution in [0.3, 0.4) is 0 Å². The summed E-state index contributed by atoms with van der Waals surface area (Å²) < 4.78 is 28.6. The molecule has 1 heterocycles. The molecular formula is C27H31F2NO3. The van der Waals surface area contributed by atoms with Gasteiger partial charge in [-0.1, -0.05) is 48.1 Å². The van der Waals surface area contributed by atoms with E-state index in [0.717, 1.165) is 12.1 Å². The minimum absolute atomic E-state index is 0.0467. The molecule has 0 saturated carbocycles. The maximum absolute atomic E-state index is 14.5. The van der Waals surface area contributed by atoms with E-state index in [1.54, 1.807) is 12.1 Å². The molecule has 0 aliphatic carbocycles. The topological polar surface area (TPSA) is 57.6 Å². The average molecular weight is 456 g/mol. The zero-order valence-electron chi connectivity index (χ0n) is 20.5. The number of nitrogens with zero attached hydrogens (tertiary/aromatic N) is 1. The van der Waals surface area contributed by atoms with Gasteiger partial charge in [0.05, 0.1) is 5.69 Å². The third-order valence-electron chi connectivity index (χ3n) is 6.47. The summed E-state index contributed by atoms with van der Waals surface area (Å²) >= 11 is 0. The van der Waals surface area contributed by atoms with Gasteiger partial charge < -0.3 is 10.0 Å². The number of phenolic OH excluding ortho intramolecular Hbond substituents is 1. The summed E-state index contributed by atoms with van der Waals surface area (Å²) in [6.07, 6.45) is 0. The molecule has 0 radical (unpaired) electrons. The lowest BCUT2D eigenvalue weighted by Gasteiger charge is -2.34. The highest BCUT2D eigenvalue weighted by Gasteiger charge is 2.55. The number of benzene rings is 2. The second kappa shape index (κ2) is 7.51. The second-order valence-electron chi connectivity index (χ2n) is 10.9. The molecule has 2 aromatic carbocycles. The van der Waals surface area contributed by atoms with Crippen molar-refractivity contribution < 1.29 is 23.5 Å². The highest BCUT2D eigenvalue weighted by atomic mass is 19.2. The number of carbonyl (C=O) groups excluding carboxylic acids is 2. The highest BCUT2D eigenvalue weighted by molar-refractivity contribution is 6.18. The number of amides is 1. The number of likely N-dealkylation sites (N-methyl/N-ethyl adjacent to an activating group) is 1. The molecule has 4 nitrogen and oxygen atoms in total. The van der Waals surface area contributed by atoms with Crippen LogP contribution >= 0.6 is 0 Å². The second-order valence-corrected chi connectivity index (χ2v) is 10.9. The van der Waals surface area contributed by atoms with Crippen molar-refractivity contribution in [1.82, 2.24) is 0 Å². The maximum atomic E-state index is 14.5. The van der Waals surface area contributed by atoms with Gasteiger partial charge in [-0.15, -0.1) is 0 Å². The smallest absolute Gasteiger partial charge is 0.246 e. The summed E-state index contributed by atoms with van der Waals surface area (Å²) in [6, 6.07) is 5.30. The Morgan fingerprint density at radius 1 is 0.970 bits per heavy atom. The molecule has 0 fully saturated rings. The van der Waals surface area contributed by atoms with Crippen molar-refractivity contribution in [2.24, 2.45) is 0 Å². The van der Waals surface area contributed by atoms with Gasteiger partial charge >= 0.3 is 0 Å². The zero-order valence-corrected chi connectivity index (χ0v) is 20.5. The number of Topliss-reactive ketones (excluding diaryl/α,β-unsaturated/α-hetero) is 1. The normalized spacial score (nSPS) is 18.5. The van der Waals surface area contributed by atoms with Crippen molar-refractivity contribution in [2.75, 3.05) is 11.9 Å². The summed E-state index contributed by atoms with van der Waals surface area (Å²) in [6.45, 7) is 16.8. The van der Waals surface area contributed by atoms with Crippen molar-refractivity contribution in [1.29, 1.82) is 0 Å². The van der Waals surface area contributed by atoms with E-state index in [0.29, 0.717) is 16.7 Å². The Kier molecular flexibility index (Phi) is 5.60. The van der Waals surface area contributed by atoms with Gasteiger partial charge in [0, 0.05) is 24.3 Å². The molecule has 176 valence electrons. The predicted molar refractivity (Wildman–Crippen MR) is 126 cm³/mol. The molecule has 1 N–H and O–H groups in total. The fourth-order valence-corrected chi connectivity index (χ4v) is 4.59. The molecule has 2 aromatic rings. The van der Waals surface area contributed by atoms with Gasteiger partial charge in [-0.2, -0.15) is 0 Å². The molecule has 1 aliphatic rings. The van der Waals surface area contributed by atoms with E-state index in [4.69, 9.17) is 0 Å². The number of halogens is 2. The first-order valence-electron chi connectivity index (χ1n) is 10.8. The monoisotopic (exact) mass is 455 g/mol. The van der Waals surface area contributed by atoms with E-state index in [9.17, 15) is 23.5 Å². The molecule has 1 atom stereocenters. The van der Waals surface area contributed by atoms with Crippen LogP contribution in [0.2, 0.25) is 0 Å². The van der Waals surface area contributed by atoms with Crippen LogP contribution in [0, 0.1) is 11.6 Å². The molecule has 0 bridgehead atoms. The number of rotatable bonds is 3. The molecule has 3 rings (SSSR count). The quantitative estimate of drug-likeness (QED) is 0.607. The number of anilines is 1. The Balaban J connectivity index is 2.58. The molecule has 1 amide bonds. The van der Waals surface area contributed by atoms with Crippen LogP contribution in [0.25, 0.3) is 0 Å². The fraction of sp³-hybridized carbons (Fsp3) is 0.407. The first-order valence-corrected chi connectivity index (χ1v) is 10.8. The van der Waals surface area contributed by atoms with E-state index in [1.165, 1.54) is 18.9 Å². The van der Waals surface area contributed by atoms with Gasteiger partial charge in [0.15, 0.2) is 17.4 Å². The Morgan fingerprint density at radius 2 is 1.42 bits per heavy atom. The number of hydrogen-bond donors (Lipinski definition) is 1. The van der Waals surface area contributed by atoms with Gasteiger partial charge in [0.25, 0.3) is 0 Å². The van der Waals surface area contributed by atoms with E-state index in [1.807, 2.05) is 41.5 Å². The number of fused-ring (bicyclic) bond motifs is 1. The van der Waals surface area contributed by atoms with Gasteiger partial charge in [-0.3, -0.25) is 9.59 Å². The lowest BCUT2D eigenvalue weighted by molar-refractivity contribution is -0.123. The van der Waals surface area contributed by atoms with Crippen LogP contribution in [-0.2, 0) is 25.8 Å². The van der Waals surface area contributed by atoms with Crippen molar-refractivity contribution in [3.63, 3.8) is 0 Å². The maximum Gasteiger partial charge on any atom is 0.246 e. The van der Waals surface area contributed by atoms with Crippen LogP contribution in [0.4, 0.5) is 14.5 Å². The molecule has 0 saturated heterocycles. The Hall–Kier alpha value is -3.02. The summed E-state index contributed by atoms with van der Waals surface area (Å²) in [7, 11) is 1.46. The summed E-state index contributed by atoms with van der Waals surface area (Å²) in [4.78, 5) is 27.8. The Bertz CT molecular complexity index is 1170. The van der Waals surface area contributed by atoms with Gasteiger partial charge in [-0.25, -0.2) is 8.78 Å². The minimum atomic E-state index is -1.75. The van der Waals surface area contributed by atoms with E-state index in [-0.39, 0.29) is 22.6 Å². The van der Waals surface area contributed by atoms with E-state index < -0.39 is 39.6 Å². The standard InChI is InChI=1S/C27H31F2NO3/c1-14(15(2)31)27(17-12-20(28)21(29)13-22(17)30(9)24(27)33)16-10-18(25(3,4)5)23(32)19(11-16)26(6,7)8/h10-13,32H,1H2,2-9H3/t27-/m1/s1. The van der Waals surface area contributed by atoms with Gasteiger partial charge in [0.2, 0.25) is 5.91 Å². The summed E-state index contributed by atoms with van der Waals surface area (Å²) in [5.74, 6) is -3.09. The summed E-state index contributed by atoms with van der Waals surface area (Å²) in [5, 5.41) is 11.2. The fourth-order valence-electron chi connectivity index (χ4n) is 4.59. The van der Waals surface area contributed by atoms with Crippen molar-refractivity contribution in [3.8, 4) is 5.75 Å². The Morgan fingerprint density at radius 3 is 1.85 bits per heavy atom. The van der Waals surface area contributed by atoms with Gasteiger partial charge in [-0.05, 0) is 52.6 Å². The molecule has 0 aromatic heterocycles. The van der Waals surface area contributed by atoms with Crippen LogP contribution in [0.15, 0.2) is 36.4 Å². The number of carbonyl (C=O) groups is 2. The van der Waals surface area contributed by atoms with Crippen LogP contribution in [0.5, 0.6) is 5.75 Å². The molecule has 0 spiro atoms.